The first kappa shape index (κ1) is 13.5. The van der Waals surface area contributed by atoms with Crippen LogP contribution < -0.4 is 11.1 Å². The van der Waals surface area contributed by atoms with Gasteiger partial charge in [-0.2, -0.15) is 0 Å². The molecule has 17 heavy (non-hydrogen) atoms. The van der Waals surface area contributed by atoms with Crippen molar-refractivity contribution in [3.8, 4) is 0 Å². The predicted octanol–water partition coefficient (Wildman–Crippen LogP) is 1.15. The van der Waals surface area contributed by atoms with Crippen molar-refractivity contribution in [2.45, 2.75) is 12.2 Å². The molecule has 2 atom stereocenters. The van der Waals surface area contributed by atoms with Crippen molar-refractivity contribution in [1.29, 1.82) is 0 Å². The molecule has 1 rings (SSSR count). The number of rotatable bonds is 5. The van der Waals surface area contributed by atoms with Gasteiger partial charge in [-0.1, -0.05) is 0 Å². The van der Waals surface area contributed by atoms with Crippen LogP contribution >= 0.6 is 0 Å². The van der Waals surface area contributed by atoms with E-state index in [2.05, 4.69) is 5.32 Å². The maximum absolute atomic E-state index is 11.2. The lowest BCUT2D eigenvalue weighted by molar-refractivity contribution is 0.0698. The zero-order valence-corrected chi connectivity index (χ0v) is 10.6. The number of aromatic carboxylic acids is 1. The van der Waals surface area contributed by atoms with E-state index in [9.17, 15) is 9.00 Å². The molecule has 1 aromatic rings. The summed E-state index contributed by atoms with van der Waals surface area (Å²) in [7, 11) is -0.906. The molecule has 0 bridgehead atoms. The predicted molar refractivity (Wildman–Crippen MR) is 69.8 cm³/mol. The number of carboxylic acids is 1. The molecule has 2 unspecified atom stereocenters. The number of benzene rings is 1. The van der Waals surface area contributed by atoms with Gasteiger partial charge < -0.3 is 16.2 Å². The first-order chi connectivity index (χ1) is 7.91. The molecule has 0 saturated carbocycles. The Kier molecular flexibility index (Phi) is 4.51. The van der Waals surface area contributed by atoms with Crippen molar-refractivity contribution in [1.82, 2.24) is 0 Å². The number of hydrogen-bond donors (Lipinski definition) is 3. The summed E-state index contributed by atoms with van der Waals surface area (Å²) in [6.07, 6.45) is 1.64. The lowest BCUT2D eigenvalue weighted by atomic mass is 10.1. The SMILES string of the molecule is CC(CNc1ccc(N)c(C(=O)O)c1)S(C)=O. The first-order valence-corrected chi connectivity index (χ1v) is 6.73. The Morgan fingerprint density at radius 1 is 1.59 bits per heavy atom. The second-order valence-corrected chi connectivity index (χ2v) is 5.60. The molecule has 0 amide bonds. The number of nitrogen functional groups attached to an aromatic ring is 1. The van der Waals surface area contributed by atoms with E-state index >= 15 is 0 Å². The largest absolute Gasteiger partial charge is 0.478 e. The summed E-state index contributed by atoms with van der Waals surface area (Å²) in [5.41, 5.74) is 6.50. The van der Waals surface area contributed by atoms with Crippen LogP contribution in [0.5, 0.6) is 0 Å². The third-order valence-electron chi connectivity index (χ3n) is 2.44. The fraction of sp³-hybridized carbons (Fsp3) is 0.364. The van der Waals surface area contributed by atoms with Crippen molar-refractivity contribution in [3.63, 3.8) is 0 Å². The van der Waals surface area contributed by atoms with Gasteiger partial charge in [0, 0.05) is 40.2 Å². The minimum absolute atomic E-state index is 0.000770. The highest BCUT2D eigenvalue weighted by Crippen LogP contribution is 2.17. The molecule has 5 nitrogen and oxygen atoms in total. The van der Waals surface area contributed by atoms with Crippen LogP contribution in [0.2, 0.25) is 0 Å². The Labute approximate surface area is 102 Å². The molecule has 94 valence electrons. The molecule has 0 aliphatic carbocycles. The topological polar surface area (TPSA) is 92.4 Å². The third-order valence-corrected chi connectivity index (χ3v) is 3.74. The van der Waals surface area contributed by atoms with Crippen LogP contribution in [0.1, 0.15) is 17.3 Å². The van der Waals surface area contributed by atoms with Crippen LogP contribution in [0.4, 0.5) is 11.4 Å². The maximum Gasteiger partial charge on any atom is 0.337 e. The molecule has 0 heterocycles. The van der Waals surface area contributed by atoms with Gasteiger partial charge in [0.1, 0.15) is 0 Å². The molecule has 0 aliphatic rings. The molecule has 4 N–H and O–H groups in total. The molecule has 0 saturated heterocycles. The van der Waals surface area contributed by atoms with Gasteiger partial charge in [-0.25, -0.2) is 4.79 Å². The van der Waals surface area contributed by atoms with Crippen LogP contribution in [-0.4, -0.2) is 33.3 Å². The molecule has 0 fully saturated rings. The zero-order valence-electron chi connectivity index (χ0n) is 9.77. The summed E-state index contributed by atoms with van der Waals surface area (Å²) in [6, 6.07) is 4.72. The quantitative estimate of drug-likeness (QED) is 0.687. The normalized spacial score (nSPS) is 14.0. The highest BCUT2D eigenvalue weighted by atomic mass is 32.2. The molecule has 0 spiro atoms. The van der Waals surface area contributed by atoms with Crippen molar-refractivity contribution < 1.29 is 14.1 Å². The van der Waals surface area contributed by atoms with E-state index in [1.54, 1.807) is 18.4 Å². The van der Waals surface area contributed by atoms with Crippen LogP contribution in [0.15, 0.2) is 18.2 Å². The average molecular weight is 256 g/mol. The molecular weight excluding hydrogens is 240 g/mol. The summed E-state index contributed by atoms with van der Waals surface area (Å²) in [5, 5.41) is 11.9. The fourth-order valence-electron chi connectivity index (χ4n) is 1.23. The number of carboxylic acid groups (broad SMARTS) is 1. The summed E-state index contributed by atoms with van der Waals surface area (Å²) in [5.74, 6) is -1.06. The minimum Gasteiger partial charge on any atom is -0.478 e. The van der Waals surface area contributed by atoms with Gasteiger partial charge in [0.2, 0.25) is 0 Å². The van der Waals surface area contributed by atoms with E-state index in [1.165, 1.54) is 6.07 Å². The Balaban J connectivity index is 2.76. The molecule has 0 aromatic heterocycles. The van der Waals surface area contributed by atoms with Crippen LogP contribution in [0.3, 0.4) is 0 Å². The number of nitrogens with two attached hydrogens (primary N) is 1. The Morgan fingerprint density at radius 2 is 2.24 bits per heavy atom. The summed E-state index contributed by atoms with van der Waals surface area (Å²) >= 11 is 0. The van der Waals surface area contributed by atoms with Gasteiger partial charge >= 0.3 is 5.97 Å². The second-order valence-electron chi connectivity index (χ2n) is 3.80. The number of carbonyl (C=O) groups is 1. The highest BCUT2D eigenvalue weighted by Gasteiger charge is 2.10. The van der Waals surface area contributed by atoms with Gasteiger partial charge in [-0.15, -0.1) is 0 Å². The monoisotopic (exact) mass is 256 g/mol. The molecule has 1 aromatic carbocycles. The smallest absolute Gasteiger partial charge is 0.337 e. The number of nitrogens with one attached hydrogen (secondary N) is 1. The van der Waals surface area contributed by atoms with E-state index in [4.69, 9.17) is 10.8 Å². The van der Waals surface area contributed by atoms with Crippen LogP contribution in [-0.2, 0) is 10.8 Å². The van der Waals surface area contributed by atoms with Gasteiger partial charge in [-0.3, -0.25) is 4.21 Å². The van der Waals surface area contributed by atoms with E-state index in [-0.39, 0.29) is 16.5 Å². The summed E-state index contributed by atoms with van der Waals surface area (Å²) < 4.78 is 11.2. The highest BCUT2D eigenvalue weighted by molar-refractivity contribution is 7.84. The van der Waals surface area contributed by atoms with Gasteiger partial charge in [0.15, 0.2) is 0 Å². The van der Waals surface area contributed by atoms with Crippen LogP contribution in [0.25, 0.3) is 0 Å². The zero-order chi connectivity index (χ0) is 13.0. The van der Waals surface area contributed by atoms with Crippen molar-refractivity contribution >= 4 is 28.1 Å². The number of anilines is 2. The van der Waals surface area contributed by atoms with E-state index in [0.717, 1.165) is 0 Å². The van der Waals surface area contributed by atoms with E-state index < -0.39 is 16.8 Å². The second kappa shape index (κ2) is 5.67. The first-order valence-electron chi connectivity index (χ1n) is 5.10. The Bertz CT molecular complexity index is 448. The van der Waals surface area contributed by atoms with Crippen molar-refractivity contribution in [3.05, 3.63) is 23.8 Å². The van der Waals surface area contributed by atoms with Gasteiger partial charge in [0.25, 0.3) is 0 Å². The van der Waals surface area contributed by atoms with Crippen molar-refractivity contribution in [2.75, 3.05) is 23.9 Å². The standard InChI is InChI=1S/C11H16N2O3S/c1-7(17(2)16)6-13-8-3-4-10(12)9(5-8)11(14)15/h3-5,7,13H,6,12H2,1-2H3,(H,14,15). The van der Waals surface area contributed by atoms with Crippen molar-refractivity contribution in [2.24, 2.45) is 0 Å². The average Bonchev–Trinajstić information content (AvgIpc) is 2.26. The minimum atomic E-state index is -1.06. The summed E-state index contributed by atoms with van der Waals surface area (Å²) in [6.45, 7) is 2.38. The lowest BCUT2D eigenvalue weighted by Crippen LogP contribution is -2.20. The maximum atomic E-state index is 11.2. The third kappa shape index (κ3) is 3.74. The summed E-state index contributed by atoms with van der Waals surface area (Å²) in [4.78, 5) is 10.9. The number of hydrogen-bond acceptors (Lipinski definition) is 4. The molecule has 0 aliphatic heterocycles. The molecule has 0 radical (unpaired) electrons. The Morgan fingerprint density at radius 3 is 2.76 bits per heavy atom. The van der Waals surface area contributed by atoms with Gasteiger partial charge in [-0.05, 0) is 25.1 Å². The van der Waals surface area contributed by atoms with Crippen LogP contribution in [0, 0.1) is 0 Å². The van der Waals surface area contributed by atoms with E-state index in [1.807, 2.05) is 6.92 Å². The molecule has 6 heteroatoms. The lowest BCUT2D eigenvalue weighted by Gasteiger charge is -2.12. The van der Waals surface area contributed by atoms with Gasteiger partial charge in [0.05, 0.1) is 5.56 Å². The Hall–Kier alpha value is -1.56. The van der Waals surface area contributed by atoms with E-state index in [0.29, 0.717) is 12.2 Å². The molecular formula is C11H16N2O3S. The fourth-order valence-corrected chi connectivity index (χ4v) is 1.55.